The molecular weight excluding hydrogens is 312 g/mol. The molecule has 0 atom stereocenters. The minimum absolute atomic E-state index is 0.131. The maximum Gasteiger partial charge on any atom is 0.335 e. The summed E-state index contributed by atoms with van der Waals surface area (Å²) in [6.07, 6.45) is 0. The lowest BCUT2D eigenvalue weighted by atomic mass is 10.1. The number of carboxylic acids is 1. The molecule has 0 saturated heterocycles. The second-order valence-electron chi connectivity index (χ2n) is 4.49. The van der Waals surface area contributed by atoms with Crippen LogP contribution in [0.2, 0.25) is 0 Å². The third kappa shape index (κ3) is 4.10. The van der Waals surface area contributed by atoms with Gasteiger partial charge in [0, 0.05) is 12.4 Å². The molecule has 1 N–H and O–H groups in total. The number of thiazole rings is 1. The predicted octanol–water partition coefficient (Wildman–Crippen LogP) is 1.80. The Bertz CT molecular complexity index is 709. The molecule has 0 aliphatic heterocycles. The number of carbonyl (C=O) groups is 1. The highest BCUT2D eigenvalue weighted by atomic mass is 32.2. The lowest BCUT2D eigenvalue weighted by Crippen LogP contribution is -2.27. The van der Waals surface area contributed by atoms with E-state index >= 15 is 0 Å². The molecule has 0 fully saturated rings. The SMILES string of the molecule is CN(Cc1cscn1)S(=O)(=O)Cc1ccc(C(=O)O)cc1. The van der Waals surface area contributed by atoms with E-state index in [9.17, 15) is 13.2 Å². The first-order chi connectivity index (χ1) is 9.88. The van der Waals surface area contributed by atoms with Crippen molar-refractivity contribution in [3.05, 3.63) is 52.0 Å². The van der Waals surface area contributed by atoms with E-state index in [-0.39, 0.29) is 17.9 Å². The minimum atomic E-state index is -3.47. The highest BCUT2D eigenvalue weighted by molar-refractivity contribution is 7.88. The number of aromatic carboxylic acids is 1. The molecule has 8 heteroatoms. The molecule has 2 rings (SSSR count). The van der Waals surface area contributed by atoms with Gasteiger partial charge in [0.05, 0.1) is 29.1 Å². The Labute approximate surface area is 126 Å². The van der Waals surface area contributed by atoms with Gasteiger partial charge < -0.3 is 5.11 Å². The van der Waals surface area contributed by atoms with Gasteiger partial charge >= 0.3 is 5.97 Å². The summed E-state index contributed by atoms with van der Waals surface area (Å²) in [4.78, 5) is 14.8. The molecule has 0 unspecified atom stereocenters. The van der Waals surface area contributed by atoms with E-state index in [1.807, 2.05) is 0 Å². The zero-order chi connectivity index (χ0) is 15.5. The number of benzene rings is 1. The Morgan fingerprint density at radius 3 is 2.52 bits per heavy atom. The average molecular weight is 326 g/mol. The second-order valence-corrected chi connectivity index (χ2v) is 7.29. The zero-order valence-corrected chi connectivity index (χ0v) is 12.9. The van der Waals surface area contributed by atoms with Crippen LogP contribution in [-0.2, 0) is 22.3 Å². The molecule has 21 heavy (non-hydrogen) atoms. The first-order valence-electron chi connectivity index (χ1n) is 6.02. The van der Waals surface area contributed by atoms with Gasteiger partial charge in [0.25, 0.3) is 0 Å². The van der Waals surface area contributed by atoms with Crippen molar-refractivity contribution in [2.24, 2.45) is 0 Å². The standard InChI is InChI=1S/C13H14N2O4S2/c1-15(6-12-7-20-9-14-12)21(18,19)8-10-2-4-11(5-3-10)13(16)17/h2-5,7,9H,6,8H2,1H3,(H,16,17). The predicted molar refractivity (Wildman–Crippen MR) is 79.6 cm³/mol. The van der Waals surface area contributed by atoms with Crippen LogP contribution in [0.15, 0.2) is 35.2 Å². The van der Waals surface area contributed by atoms with E-state index in [1.54, 1.807) is 10.9 Å². The fourth-order valence-corrected chi connectivity index (χ4v) is 3.42. The molecule has 0 aliphatic carbocycles. The van der Waals surface area contributed by atoms with Crippen molar-refractivity contribution in [3.8, 4) is 0 Å². The number of hydrogen-bond acceptors (Lipinski definition) is 5. The van der Waals surface area contributed by atoms with Crippen molar-refractivity contribution >= 4 is 27.3 Å². The summed E-state index contributed by atoms with van der Waals surface area (Å²) < 4.78 is 25.7. The minimum Gasteiger partial charge on any atom is -0.478 e. The van der Waals surface area contributed by atoms with Crippen LogP contribution in [-0.4, -0.2) is 35.8 Å². The molecule has 6 nitrogen and oxygen atoms in total. The molecule has 1 aromatic heterocycles. The molecule has 0 spiro atoms. The summed E-state index contributed by atoms with van der Waals surface area (Å²) in [5.41, 5.74) is 3.03. The molecule has 112 valence electrons. The lowest BCUT2D eigenvalue weighted by molar-refractivity contribution is 0.0697. The van der Waals surface area contributed by atoms with Gasteiger partial charge in [-0.3, -0.25) is 0 Å². The first-order valence-corrected chi connectivity index (χ1v) is 8.57. The fourth-order valence-electron chi connectivity index (χ4n) is 1.71. The maximum atomic E-state index is 12.2. The van der Waals surface area contributed by atoms with Gasteiger partial charge in [-0.15, -0.1) is 11.3 Å². The normalized spacial score (nSPS) is 11.7. The smallest absolute Gasteiger partial charge is 0.335 e. The van der Waals surface area contributed by atoms with Gasteiger partial charge in [0.2, 0.25) is 10.0 Å². The monoisotopic (exact) mass is 326 g/mol. The van der Waals surface area contributed by atoms with E-state index < -0.39 is 16.0 Å². The zero-order valence-electron chi connectivity index (χ0n) is 11.3. The molecule has 1 aromatic carbocycles. The Morgan fingerprint density at radius 1 is 1.33 bits per heavy atom. The molecule has 0 aliphatic rings. The molecule has 0 saturated carbocycles. The fraction of sp³-hybridized carbons (Fsp3) is 0.231. The van der Waals surface area contributed by atoms with Crippen molar-refractivity contribution in [2.75, 3.05) is 7.05 Å². The Hall–Kier alpha value is -1.77. The Kier molecular flexibility index (Phi) is 4.71. The molecule has 0 amide bonds. The van der Waals surface area contributed by atoms with E-state index in [4.69, 9.17) is 5.11 Å². The van der Waals surface area contributed by atoms with Crippen molar-refractivity contribution < 1.29 is 18.3 Å². The van der Waals surface area contributed by atoms with Gasteiger partial charge in [-0.05, 0) is 17.7 Å². The summed E-state index contributed by atoms with van der Waals surface area (Å²) >= 11 is 1.41. The van der Waals surface area contributed by atoms with Crippen molar-refractivity contribution in [1.82, 2.24) is 9.29 Å². The summed E-state index contributed by atoms with van der Waals surface area (Å²) in [7, 11) is -1.97. The van der Waals surface area contributed by atoms with Crippen molar-refractivity contribution in [2.45, 2.75) is 12.3 Å². The van der Waals surface area contributed by atoms with Crippen LogP contribution >= 0.6 is 11.3 Å². The molecule has 0 radical (unpaired) electrons. The van der Waals surface area contributed by atoms with Crippen LogP contribution in [0.25, 0.3) is 0 Å². The Balaban J connectivity index is 2.07. The number of hydrogen-bond donors (Lipinski definition) is 1. The molecule has 0 bridgehead atoms. The highest BCUT2D eigenvalue weighted by Gasteiger charge is 2.19. The summed E-state index contributed by atoms with van der Waals surface area (Å²) in [6.45, 7) is 0.221. The number of sulfonamides is 1. The van der Waals surface area contributed by atoms with E-state index in [0.717, 1.165) is 0 Å². The van der Waals surface area contributed by atoms with Crippen LogP contribution in [0.3, 0.4) is 0 Å². The Morgan fingerprint density at radius 2 is 2.00 bits per heavy atom. The van der Waals surface area contributed by atoms with Crippen LogP contribution < -0.4 is 0 Å². The molecular formula is C13H14N2O4S2. The maximum absolute atomic E-state index is 12.2. The number of aromatic nitrogens is 1. The van der Waals surface area contributed by atoms with E-state index in [1.165, 1.54) is 47.0 Å². The van der Waals surface area contributed by atoms with Crippen LogP contribution in [0.1, 0.15) is 21.6 Å². The van der Waals surface area contributed by atoms with Gasteiger partial charge in [-0.25, -0.2) is 18.2 Å². The summed E-state index contributed by atoms with van der Waals surface area (Å²) in [6, 6.07) is 5.82. The summed E-state index contributed by atoms with van der Waals surface area (Å²) in [5.74, 6) is -1.21. The number of rotatable bonds is 6. The average Bonchev–Trinajstić information content (AvgIpc) is 2.91. The number of carboxylic acid groups (broad SMARTS) is 1. The van der Waals surface area contributed by atoms with Gasteiger partial charge in [0.15, 0.2) is 0 Å². The molecule has 1 heterocycles. The van der Waals surface area contributed by atoms with Crippen LogP contribution in [0.5, 0.6) is 0 Å². The van der Waals surface area contributed by atoms with Crippen molar-refractivity contribution in [1.29, 1.82) is 0 Å². The lowest BCUT2D eigenvalue weighted by Gasteiger charge is -2.16. The third-order valence-corrected chi connectivity index (χ3v) is 5.31. The van der Waals surface area contributed by atoms with Crippen LogP contribution in [0.4, 0.5) is 0 Å². The topological polar surface area (TPSA) is 87.6 Å². The van der Waals surface area contributed by atoms with Gasteiger partial charge in [-0.2, -0.15) is 4.31 Å². The summed E-state index contributed by atoms with van der Waals surface area (Å²) in [5, 5.41) is 10.6. The number of nitrogens with zero attached hydrogens (tertiary/aromatic N) is 2. The van der Waals surface area contributed by atoms with Gasteiger partial charge in [-0.1, -0.05) is 12.1 Å². The van der Waals surface area contributed by atoms with E-state index in [0.29, 0.717) is 11.3 Å². The quantitative estimate of drug-likeness (QED) is 0.874. The first kappa shape index (κ1) is 15.6. The molecule has 2 aromatic rings. The second kappa shape index (κ2) is 6.33. The largest absolute Gasteiger partial charge is 0.478 e. The highest BCUT2D eigenvalue weighted by Crippen LogP contribution is 2.14. The van der Waals surface area contributed by atoms with E-state index in [2.05, 4.69) is 4.98 Å². The van der Waals surface area contributed by atoms with Crippen molar-refractivity contribution in [3.63, 3.8) is 0 Å². The van der Waals surface area contributed by atoms with Gasteiger partial charge in [0.1, 0.15) is 0 Å². The third-order valence-electron chi connectivity index (χ3n) is 2.89. The van der Waals surface area contributed by atoms with Crippen LogP contribution in [0, 0.1) is 0 Å².